The highest BCUT2D eigenvalue weighted by molar-refractivity contribution is 7.99. The maximum Gasteiger partial charge on any atom is 0.146 e. The van der Waals surface area contributed by atoms with E-state index in [9.17, 15) is 4.39 Å². The quantitative estimate of drug-likeness (QED) is 0.916. The Labute approximate surface area is 126 Å². The first-order valence-corrected chi connectivity index (χ1v) is 8.48. The topological polar surface area (TPSA) is 15.3 Å². The van der Waals surface area contributed by atoms with Gasteiger partial charge in [-0.1, -0.05) is 12.1 Å². The van der Waals surface area contributed by atoms with E-state index in [4.69, 9.17) is 0 Å². The standard InChI is InChI=1S/C16H25FN2S/c1-16(2,3)18-12-13-6-4-7-14(17)15(13)19-8-5-10-20-11-9-19/h4,6-7,18H,5,8-12H2,1-3H3. The van der Waals surface area contributed by atoms with E-state index in [0.717, 1.165) is 36.5 Å². The third-order valence-electron chi connectivity index (χ3n) is 3.42. The Morgan fingerprint density at radius 1 is 1.25 bits per heavy atom. The number of hydrogen-bond donors (Lipinski definition) is 1. The van der Waals surface area contributed by atoms with Crippen LogP contribution in [0.15, 0.2) is 18.2 Å². The molecule has 1 aliphatic rings. The van der Waals surface area contributed by atoms with E-state index in [1.807, 2.05) is 23.9 Å². The predicted molar refractivity (Wildman–Crippen MR) is 87.1 cm³/mol. The lowest BCUT2D eigenvalue weighted by Gasteiger charge is -2.27. The number of anilines is 1. The molecular weight excluding hydrogens is 271 g/mol. The summed E-state index contributed by atoms with van der Waals surface area (Å²) in [6.45, 7) is 9.00. The van der Waals surface area contributed by atoms with Gasteiger partial charge in [-0.15, -0.1) is 0 Å². The Kier molecular flexibility index (Phi) is 5.33. The molecule has 1 aromatic rings. The van der Waals surface area contributed by atoms with Gasteiger partial charge in [-0.25, -0.2) is 4.39 Å². The van der Waals surface area contributed by atoms with Crippen LogP contribution in [0.25, 0.3) is 0 Å². The molecule has 0 saturated carbocycles. The molecule has 1 fully saturated rings. The molecule has 1 heterocycles. The fourth-order valence-electron chi connectivity index (χ4n) is 2.39. The lowest BCUT2D eigenvalue weighted by molar-refractivity contribution is 0.423. The summed E-state index contributed by atoms with van der Waals surface area (Å²) < 4.78 is 14.3. The second-order valence-electron chi connectivity index (χ2n) is 6.30. The van der Waals surface area contributed by atoms with E-state index < -0.39 is 0 Å². The van der Waals surface area contributed by atoms with Crippen molar-refractivity contribution >= 4 is 17.4 Å². The van der Waals surface area contributed by atoms with Crippen LogP contribution in [0.5, 0.6) is 0 Å². The molecule has 0 bridgehead atoms. The van der Waals surface area contributed by atoms with Crippen molar-refractivity contribution in [3.63, 3.8) is 0 Å². The average molecular weight is 296 g/mol. The molecule has 0 spiro atoms. The third-order valence-corrected chi connectivity index (χ3v) is 4.47. The molecule has 2 nitrogen and oxygen atoms in total. The number of nitrogens with zero attached hydrogens (tertiary/aromatic N) is 1. The molecule has 1 N–H and O–H groups in total. The van der Waals surface area contributed by atoms with Crippen molar-refractivity contribution in [2.45, 2.75) is 39.3 Å². The van der Waals surface area contributed by atoms with Crippen LogP contribution in [-0.2, 0) is 6.54 Å². The molecule has 1 aromatic carbocycles. The summed E-state index contributed by atoms with van der Waals surface area (Å²) in [7, 11) is 0. The zero-order chi connectivity index (χ0) is 14.6. The largest absolute Gasteiger partial charge is 0.368 e. The van der Waals surface area contributed by atoms with Gasteiger partial charge < -0.3 is 10.2 Å². The molecule has 1 aliphatic heterocycles. The van der Waals surface area contributed by atoms with Crippen LogP contribution < -0.4 is 10.2 Å². The number of rotatable bonds is 3. The number of hydrogen-bond acceptors (Lipinski definition) is 3. The fourth-order valence-corrected chi connectivity index (χ4v) is 3.27. The van der Waals surface area contributed by atoms with Crippen LogP contribution in [0.2, 0.25) is 0 Å². The van der Waals surface area contributed by atoms with Crippen LogP contribution in [-0.4, -0.2) is 30.1 Å². The number of benzene rings is 1. The lowest BCUT2D eigenvalue weighted by Crippen LogP contribution is -2.36. The fraction of sp³-hybridized carbons (Fsp3) is 0.625. The van der Waals surface area contributed by atoms with Gasteiger partial charge in [-0.3, -0.25) is 0 Å². The Morgan fingerprint density at radius 2 is 2.05 bits per heavy atom. The summed E-state index contributed by atoms with van der Waals surface area (Å²) in [5.74, 6) is 2.17. The summed E-state index contributed by atoms with van der Waals surface area (Å²) in [5, 5.41) is 3.46. The number of para-hydroxylation sites is 1. The van der Waals surface area contributed by atoms with Gasteiger partial charge in [0.05, 0.1) is 5.69 Å². The van der Waals surface area contributed by atoms with Gasteiger partial charge in [0.1, 0.15) is 5.82 Å². The van der Waals surface area contributed by atoms with Crippen LogP contribution in [0.3, 0.4) is 0 Å². The lowest BCUT2D eigenvalue weighted by atomic mass is 10.1. The second-order valence-corrected chi connectivity index (χ2v) is 7.53. The monoisotopic (exact) mass is 296 g/mol. The van der Waals surface area contributed by atoms with E-state index in [0.29, 0.717) is 6.54 Å². The summed E-state index contributed by atoms with van der Waals surface area (Å²) in [6, 6.07) is 5.42. The smallest absolute Gasteiger partial charge is 0.146 e. The van der Waals surface area contributed by atoms with E-state index >= 15 is 0 Å². The first-order valence-electron chi connectivity index (χ1n) is 7.32. The zero-order valence-electron chi connectivity index (χ0n) is 12.7. The van der Waals surface area contributed by atoms with Crippen LogP contribution in [0.1, 0.15) is 32.8 Å². The Bertz CT molecular complexity index is 435. The number of halogens is 1. The van der Waals surface area contributed by atoms with Crippen molar-refractivity contribution in [3.8, 4) is 0 Å². The average Bonchev–Trinajstić information content (AvgIpc) is 2.64. The Morgan fingerprint density at radius 3 is 2.80 bits per heavy atom. The van der Waals surface area contributed by atoms with Gasteiger partial charge in [-0.05, 0) is 44.6 Å². The summed E-state index contributed by atoms with van der Waals surface area (Å²) >= 11 is 1.96. The molecule has 0 unspecified atom stereocenters. The highest BCUT2D eigenvalue weighted by Gasteiger charge is 2.18. The molecule has 0 aliphatic carbocycles. The first-order chi connectivity index (χ1) is 9.47. The molecule has 112 valence electrons. The van der Waals surface area contributed by atoms with Crippen molar-refractivity contribution in [3.05, 3.63) is 29.6 Å². The van der Waals surface area contributed by atoms with Crippen molar-refractivity contribution < 1.29 is 4.39 Å². The van der Waals surface area contributed by atoms with E-state index in [1.54, 1.807) is 6.07 Å². The highest BCUT2D eigenvalue weighted by atomic mass is 32.2. The normalized spacial score (nSPS) is 17.1. The summed E-state index contributed by atoms with van der Waals surface area (Å²) in [5.41, 5.74) is 1.90. The van der Waals surface area contributed by atoms with Crippen molar-refractivity contribution in [2.75, 3.05) is 29.5 Å². The molecule has 0 radical (unpaired) electrons. The zero-order valence-corrected chi connectivity index (χ0v) is 13.5. The van der Waals surface area contributed by atoms with Crippen LogP contribution in [0, 0.1) is 5.82 Å². The van der Waals surface area contributed by atoms with Crippen molar-refractivity contribution in [1.82, 2.24) is 5.32 Å². The molecule has 0 atom stereocenters. The van der Waals surface area contributed by atoms with Gasteiger partial charge in [0.15, 0.2) is 0 Å². The minimum Gasteiger partial charge on any atom is -0.368 e. The van der Waals surface area contributed by atoms with Gasteiger partial charge >= 0.3 is 0 Å². The maximum atomic E-state index is 14.3. The SMILES string of the molecule is CC(C)(C)NCc1cccc(F)c1N1CCCSCC1. The van der Waals surface area contributed by atoms with Crippen molar-refractivity contribution in [2.24, 2.45) is 0 Å². The molecule has 0 aromatic heterocycles. The predicted octanol–water partition coefficient (Wildman–Crippen LogP) is 3.66. The van der Waals surface area contributed by atoms with Gasteiger partial charge in [0.25, 0.3) is 0 Å². The maximum absolute atomic E-state index is 14.3. The number of thioether (sulfide) groups is 1. The molecule has 4 heteroatoms. The Hall–Kier alpha value is -0.740. The molecule has 0 amide bonds. The Balaban J connectivity index is 2.21. The third kappa shape index (κ3) is 4.38. The minimum absolute atomic E-state index is 0.0399. The van der Waals surface area contributed by atoms with Gasteiger partial charge in [-0.2, -0.15) is 11.8 Å². The van der Waals surface area contributed by atoms with Crippen molar-refractivity contribution in [1.29, 1.82) is 0 Å². The van der Waals surface area contributed by atoms with Crippen LogP contribution in [0.4, 0.5) is 10.1 Å². The van der Waals surface area contributed by atoms with Gasteiger partial charge in [0, 0.05) is 30.9 Å². The first kappa shape index (κ1) is 15.6. The molecule has 1 saturated heterocycles. The number of nitrogens with one attached hydrogen (secondary N) is 1. The highest BCUT2D eigenvalue weighted by Crippen LogP contribution is 2.27. The summed E-state index contributed by atoms with van der Waals surface area (Å²) in [4.78, 5) is 2.22. The molecule has 2 rings (SSSR count). The van der Waals surface area contributed by atoms with E-state index in [2.05, 4.69) is 31.0 Å². The van der Waals surface area contributed by atoms with Crippen LogP contribution >= 0.6 is 11.8 Å². The van der Waals surface area contributed by atoms with E-state index in [1.165, 1.54) is 5.75 Å². The second kappa shape index (κ2) is 6.81. The molecule has 20 heavy (non-hydrogen) atoms. The summed E-state index contributed by atoms with van der Waals surface area (Å²) in [6.07, 6.45) is 1.13. The van der Waals surface area contributed by atoms with E-state index in [-0.39, 0.29) is 11.4 Å². The van der Waals surface area contributed by atoms with Gasteiger partial charge in [0.2, 0.25) is 0 Å². The molecular formula is C16H25FN2S. The minimum atomic E-state index is -0.0925.